The van der Waals surface area contributed by atoms with Crippen molar-refractivity contribution in [2.24, 2.45) is 0 Å². The first-order valence-corrected chi connectivity index (χ1v) is 7.80. The van der Waals surface area contributed by atoms with Crippen LogP contribution in [0.5, 0.6) is 5.75 Å². The van der Waals surface area contributed by atoms with Crippen molar-refractivity contribution in [2.45, 2.75) is 27.4 Å². The van der Waals surface area contributed by atoms with Gasteiger partial charge in [-0.1, -0.05) is 23.8 Å². The average Bonchev–Trinajstić information content (AvgIpc) is 2.91. The lowest BCUT2D eigenvalue weighted by atomic mass is 10.1. The first-order valence-electron chi connectivity index (χ1n) is 7.80. The molecule has 3 rings (SSSR count). The zero-order chi connectivity index (χ0) is 17.3. The lowest BCUT2D eigenvalue weighted by Gasteiger charge is -2.08. The van der Waals surface area contributed by atoms with E-state index in [9.17, 15) is 4.79 Å². The number of hydrogen-bond acceptors (Lipinski definition) is 4. The second-order valence-corrected chi connectivity index (χ2v) is 5.92. The van der Waals surface area contributed by atoms with Crippen LogP contribution < -0.4 is 4.74 Å². The van der Waals surface area contributed by atoms with Crippen LogP contribution in [0.1, 0.15) is 32.8 Å². The van der Waals surface area contributed by atoms with Crippen LogP contribution in [0.2, 0.25) is 0 Å². The Labute approximate surface area is 141 Å². The largest absolute Gasteiger partial charge is 0.497 e. The van der Waals surface area contributed by atoms with Crippen LogP contribution in [0.25, 0.3) is 11.0 Å². The molecule has 124 valence electrons. The Balaban J connectivity index is 1.83. The fraction of sp³-hybridized carbons (Fsp3) is 0.250. The van der Waals surface area contributed by atoms with Gasteiger partial charge in [-0.2, -0.15) is 0 Å². The second-order valence-electron chi connectivity index (χ2n) is 5.92. The van der Waals surface area contributed by atoms with E-state index in [1.807, 2.05) is 45.0 Å². The van der Waals surface area contributed by atoms with Gasteiger partial charge in [-0.05, 0) is 50.1 Å². The zero-order valence-corrected chi connectivity index (χ0v) is 14.3. The van der Waals surface area contributed by atoms with Crippen molar-refractivity contribution in [2.75, 3.05) is 7.11 Å². The summed E-state index contributed by atoms with van der Waals surface area (Å²) in [5.74, 6) is 0.508. The van der Waals surface area contributed by atoms with E-state index in [0.29, 0.717) is 5.58 Å². The van der Waals surface area contributed by atoms with Crippen molar-refractivity contribution >= 4 is 16.9 Å². The molecule has 0 aliphatic carbocycles. The molecule has 0 amide bonds. The van der Waals surface area contributed by atoms with Crippen LogP contribution in [-0.2, 0) is 11.3 Å². The first-order chi connectivity index (χ1) is 11.5. The molecular formula is C20H20O4. The molecule has 0 bridgehead atoms. The number of ether oxygens (including phenoxy) is 2. The number of esters is 1. The molecule has 0 N–H and O–H groups in total. The minimum Gasteiger partial charge on any atom is -0.497 e. The smallest absolute Gasteiger partial charge is 0.374 e. The number of rotatable bonds is 4. The summed E-state index contributed by atoms with van der Waals surface area (Å²) in [5.41, 5.74) is 4.64. The highest BCUT2D eigenvalue weighted by molar-refractivity contribution is 5.96. The summed E-state index contributed by atoms with van der Waals surface area (Å²) in [6, 6.07) is 11.5. The van der Waals surface area contributed by atoms with Gasteiger partial charge in [0.15, 0.2) is 0 Å². The van der Waals surface area contributed by atoms with Gasteiger partial charge in [0.1, 0.15) is 17.9 Å². The summed E-state index contributed by atoms with van der Waals surface area (Å²) < 4.78 is 16.3. The molecule has 0 saturated carbocycles. The topological polar surface area (TPSA) is 48.7 Å². The fourth-order valence-electron chi connectivity index (χ4n) is 2.69. The lowest BCUT2D eigenvalue weighted by molar-refractivity contribution is 0.0437. The maximum Gasteiger partial charge on any atom is 0.374 e. The summed E-state index contributed by atoms with van der Waals surface area (Å²) in [7, 11) is 1.61. The van der Waals surface area contributed by atoms with Gasteiger partial charge in [-0.15, -0.1) is 0 Å². The summed E-state index contributed by atoms with van der Waals surface area (Å²) in [5, 5.41) is 0.855. The zero-order valence-electron chi connectivity index (χ0n) is 14.3. The molecule has 0 spiro atoms. The maximum absolute atomic E-state index is 12.4. The Bertz CT molecular complexity index is 905. The molecular weight excluding hydrogens is 304 g/mol. The predicted octanol–water partition coefficient (Wildman–Crippen LogP) is 4.72. The van der Waals surface area contributed by atoms with E-state index < -0.39 is 5.97 Å². The van der Waals surface area contributed by atoms with Gasteiger partial charge in [0, 0.05) is 10.9 Å². The Morgan fingerprint density at radius 3 is 2.62 bits per heavy atom. The number of carbonyl (C=O) groups is 1. The van der Waals surface area contributed by atoms with E-state index in [1.165, 1.54) is 0 Å². The van der Waals surface area contributed by atoms with Gasteiger partial charge >= 0.3 is 5.97 Å². The van der Waals surface area contributed by atoms with Crippen molar-refractivity contribution in [1.29, 1.82) is 0 Å². The quantitative estimate of drug-likeness (QED) is 0.651. The summed E-state index contributed by atoms with van der Waals surface area (Å²) >= 11 is 0. The molecule has 0 aliphatic heterocycles. The van der Waals surface area contributed by atoms with E-state index in [1.54, 1.807) is 19.2 Å². The Kier molecular flexibility index (Phi) is 4.30. The molecule has 1 heterocycles. The van der Waals surface area contributed by atoms with Crippen LogP contribution in [-0.4, -0.2) is 13.1 Å². The monoisotopic (exact) mass is 324 g/mol. The average molecular weight is 324 g/mol. The van der Waals surface area contributed by atoms with E-state index in [4.69, 9.17) is 13.9 Å². The minimum absolute atomic E-state index is 0.228. The number of fused-ring (bicyclic) bond motifs is 1. The van der Waals surface area contributed by atoms with Crippen molar-refractivity contribution in [1.82, 2.24) is 0 Å². The maximum atomic E-state index is 12.4. The summed E-state index contributed by atoms with van der Waals surface area (Å²) in [6.45, 7) is 6.09. The molecule has 0 atom stereocenters. The highest BCUT2D eigenvalue weighted by atomic mass is 16.5. The highest BCUT2D eigenvalue weighted by Crippen LogP contribution is 2.29. The number of methoxy groups -OCH3 is 1. The van der Waals surface area contributed by atoms with Gasteiger partial charge < -0.3 is 13.9 Å². The van der Waals surface area contributed by atoms with Gasteiger partial charge in [0.2, 0.25) is 5.76 Å². The van der Waals surface area contributed by atoms with E-state index >= 15 is 0 Å². The summed E-state index contributed by atoms with van der Waals surface area (Å²) in [6.07, 6.45) is 0. The second kappa shape index (κ2) is 6.40. The Morgan fingerprint density at radius 1 is 1.08 bits per heavy atom. The molecule has 0 aliphatic rings. The molecule has 24 heavy (non-hydrogen) atoms. The summed E-state index contributed by atoms with van der Waals surface area (Å²) in [4.78, 5) is 12.4. The van der Waals surface area contributed by atoms with Crippen molar-refractivity contribution in [3.05, 3.63) is 64.4 Å². The highest BCUT2D eigenvalue weighted by Gasteiger charge is 2.19. The van der Waals surface area contributed by atoms with Crippen LogP contribution in [0.4, 0.5) is 0 Å². The van der Waals surface area contributed by atoms with E-state index in [-0.39, 0.29) is 12.4 Å². The van der Waals surface area contributed by atoms with E-state index in [0.717, 1.165) is 33.4 Å². The predicted molar refractivity (Wildman–Crippen MR) is 92.5 cm³/mol. The third-order valence-corrected chi connectivity index (χ3v) is 4.19. The number of carbonyl (C=O) groups excluding carboxylic acids is 1. The minimum atomic E-state index is -0.455. The van der Waals surface area contributed by atoms with Crippen LogP contribution in [0.15, 0.2) is 40.8 Å². The molecule has 0 saturated heterocycles. The third kappa shape index (κ3) is 3.00. The number of benzene rings is 2. The fourth-order valence-corrected chi connectivity index (χ4v) is 2.69. The normalized spacial score (nSPS) is 10.8. The standard InChI is InChI=1S/C20H20O4/c1-12-5-6-13(2)15(9-12)11-23-20(21)19-14(3)17-10-16(22-4)7-8-18(17)24-19/h5-10H,11H2,1-4H3. The molecule has 4 heteroatoms. The number of hydrogen-bond donors (Lipinski definition) is 0. The first kappa shape index (κ1) is 16.1. The Hall–Kier alpha value is -2.75. The SMILES string of the molecule is COc1ccc2oc(C(=O)OCc3cc(C)ccc3C)c(C)c2c1. The van der Waals surface area contributed by atoms with Gasteiger partial charge in [-0.3, -0.25) is 0 Å². The van der Waals surface area contributed by atoms with Gasteiger partial charge in [0.25, 0.3) is 0 Å². The van der Waals surface area contributed by atoms with Crippen LogP contribution in [0.3, 0.4) is 0 Å². The Morgan fingerprint density at radius 2 is 1.88 bits per heavy atom. The van der Waals surface area contributed by atoms with Gasteiger partial charge in [0.05, 0.1) is 7.11 Å². The van der Waals surface area contributed by atoms with E-state index in [2.05, 4.69) is 0 Å². The van der Waals surface area contributed by atoms with Crippen molar-refractivity contribution in [3.63, 3.8) is 0 Å². The molecule has 4 nitrogen and oxygen atoms in total. The molecule has 2 aromatic carbocycles. The number of aryl methyl sites for hydroxylation is 3. The van der Waals surface area contributed by atoms with Crippen molar-refractivity contribution in [3.8, 4) is 5.75 Å². The number of furan rings is 1. The van der Waals surface area contributed by atoms with Crippen LogP contribution >= 0.6 is 0 Å². The molecule has 0 unspecified atom stereocenters. The van der Waals surface area contributed by atoms with Crippen LogP contribution in [0, 0.1) is 20.8 Å². The third-order valence-electron chi connectivity index (χ3n) is 4.19. The van der Waals surface area contributed by atoms with Crippen molar-refractivity contribution < 1.29 is 18.7 Å². The molecule has 1 aromatic heterocycles. The molecule has 0 radical (unpaired) electrons. The lowest BCUT2D eigenvalue weighted by Crippen LogP contribution is -2.06. The molecule has 0 fully saturated rings. The molecule has 3 aromatic rings. The van der Waals surface area contributed by atoms with Gasteiger partial charge in [-0.25, -0.2) is 4.79 Å².